The first-order valence-electron chi connectivity index (χ1n) is 11.3. The lowest BCUT2D eigenvalue weighted by Gasteiger charge is -2.40. The van der Waals surface area contributed by atoms with Gasteiger partial charge in [0.1, 0.15) is 42.9 Å². The number of aliphatic hydroxyl groups is 3. The number of rotatable bonds is 10. The summed E-state index contributed by atoms with van der Waals surface area (Å²) in [5.41, 5.74) is 2.58. The maximum Gasteiger partial charge on any atom is 0.119 e. The minimum Gasteiger partial charge on any atom is -0.491 e. The van der Waals surface area contributed by atoms with Crippen molar-refractivity contribution in [2.24, 2.45) is 0 Å². The van der Waals surface area contributed by atoms with Gasteiger partial charge in [-0.15, -0.1) is 0 Å². The van der Waals surface area contributed by atoms with Crippen LogP contribution in [-0.2, 0) is 20.6 Å². The van der Waals surface area contributed by atoms with Crippen molar-refractivity contribution in [2.75, 3.05) is 26.9 Å². The van der Waals surface area contributed by atoms with E-state index in [1.165, 1.54) is 7.11 Å². The van der Waals surface area contributed by atoms with Gasteiger partial charge < -0.3 is 34.3 Å². The topological polar surface area (TPSA) is 97.6 Å². The molecule has 4 rings (SSSR count). The van der Waals surface area contributed by atoms with E-state index in [1.807, 2.05) is 30.3 Å². The van der Waals surface area contributed by atoms with E-state index >= 15 is 0 Å². The van der Waals surface area contributed by atoms with E-state index in [4.69, 9.17) is 30.5 Å². The molecule has 3 N–H and O–H groups in total. The van der Waals surface area contributed by atoms with Crippen molar-refractivity contribution < 1.29 is 34.3 Å². The molecule has 1 saturated heterocycles. The molecule has 5 atom stereocenters. The number of halogens is 1. The van der Waals surface area contributed by atoms with Gasteiger partial charge in [-0.3, -0.25) is 0 Å². The summed E-state index contributed by atoms with van der Waals surface area (Å²) in [7, 11) is 1.49. The lowest BCUT2D eigenvalue weighted by atomic mass is 9.90. The van der Waals surface area contributed by atoms with Crippen molar-refractivity contribution in [1.29, 1.82) is 0 Å². The van der Waals surface area contributed by atoms with Gasteiger partial charge in [0.25, 0.3) is 0 Å². The van der Waals surface area contributed by atoms with Crippen molar-refractivity contribution in [3.63, 3.8) is 0 Å². The van der Waals surface area contributed by atoms with Crippen LogP contribution in [-0.4, -0.2) is 72.8 Å². The summed E-state index contributed by atoms with van der Waals surface area (Å²) in [6.07, 6.45) is -2.10. The standard InChI is InChI=1S/C25H31ClO7/c1-30-14-21-22(27)23(28)24(29)25(33-21)16-4-9-20(26)17(13-16)12-15-2-5-18(6-3-15)31-10-11-32-19-7-8-19/h2-6,9,13,19,21-25,27-29H,7-8,10-12,14H2,1H3. The summed E-state index contributed by atoms with van der Waals surface area (Å²) in [5.74, 6) is 0.786. The van der Waals surface area contributed by atoms with Crippen LogP contribution in [0.3, 0.4) is 0 Å². The highest BCUT2D eigenvalue weighted by Gasteiger charge is 2.44. The van der Waals surface area contributed by atoms with E-state index in [-0.39, 0.29) is 6.61 Å². The molecule has 2 fully saturated rings. The normalized spacial score (nSPS) is 27.5. The third-order valence-electron chi connectivity index (χ3n) is 5.99. The average Bonchev–Trinajstić information content (AvgIpc) is 3.64. The van der Waals surface area contributed by atoms with Gasteiger partial charge in [0.05, 0.1) is 19.3 Å². The fourth-order valence-electron chi connectivity index (χ4n) is 3.97. The lowest BCUT2D eigenvalue weighted by molar-refractivity contribution is -0.233. The minimum atomic E-state index is -1.34. The van der Waals surface area contributed by atoms with E-state index < -0.39 is 30.5 Å². The second-order valence-electron chi connectivity index (χ2n) is 8.61. The Balaban J connectivity index is 1.41. The number of ether oxygens (including phenoxy) is 4. The molecule has 33 heavy (non-hydrogen) atoms. The van der Waals surface area contributed by atoms with Crippen molar-refractivity contribution in [3.8, 4) is 5.75 Å². The SMILES string of the molecule is COCC1OC(c2ccc(Cl)c(Cc3ccc(OCCOC4CC4)cc3)c2)C(O)C(O)C1O. The van der Waals surface area contributed by atoms with Crippen LogP contribution < -0.4 is 4.74 Å². The van der Waals surface area contributed by atoms with Crippen LogP contribution in [0.1, 0.15) is 35.6 Å². The second-order valence-corrected chi connectivity index (χ2v) is 9.02. The summed E-state index contributed by atoms with van der Waals surface area (Å²) in [4.78, 5) is 0. The maximum atomic E-state index is 10.5. The Morgan fingerprint density at radius 2 is 1.73 bits per heavy atom. The van der Waals surface area contributed by atoms with Gasteiger partial charge in [0, 0.05) is 12.1 Å². The van der Waals surface area contributed by atoms with Gasteiger partial charge in [-0.05, 0) is 54.2 Å². The highest BCUT2D eigenvalue weighted by molar-refractivity contribution is 6.31. The molecule has 2 aliphatic rings. The maximum absolute atomic E-state index is 10.5. The molecule has 1 aliphatic carbocycles. The van der Waals surface area contributed by atoms with Crippen molar-refractivity contribution >= 4 is 11.6 Å². The number of benzene rings is 2. The van der Waals surface area contributed by atoms with Gasteiger partial charge in [0.15, 0.2) is 0 Å². The summed E-state index contributed by atoms with van der Waals surface area (Å²) in [5, 5.41) is 31.6. The third-order valence-corrected chi connectivity index (χ3v) is 6.36. The van der Waals surface area contributed by atoms with Gasteiger partial charge in [0.2, 0.25) is 0 Å². The Morgan fingerprint density at radius 1 is 0.970 bits per heavy atom. The molecule has 5 unspecified atom stereocenters. The minimum absolute atomic E-state index is 0.100. The first-order chi connectivity index (χ1) is 16.0. The molecule has 0 amide bonds. The first-order valence-corrected chi connectivity index (χ1v) is 11.6. The molecule has 2 aromatic carbocycles. The molecule has 180 valence electrons. The summed E-state index contributed by atoms with van der Waals surface area (Å²) < 4.78 is 22.3. The summed E-state index contributed by atoms with van der Waals surface area (Å²) in [6, 6.07) is 13.2. The van der Waals surface area contributed by atoms with Crippen LogP contribution >= 0.6 is 11.6 Å². The molecule has 8 heteroatoms. The smallest absolute Gasteiger partial charge is 0.119 e. The summed E-state index contributed by atoms with van der Waals surface area (Å²) >= 11 is 6.45. The number of hydrogen-bond donors (Lipinski definition) is 3. The predicted octanol–water partition coefficient (Wildman–Crippen LogP) is 2.66. The molecule has 1 heterocycles. The Kier molecular flexibility index (Phi) is 8.24. The first kappa shape index (κ1) is 24.4. The van der Waals surface area contributed by atoms with Crippen LogP contribution in [0.25, 0.3) is 0 Å². The molecule has 7 nitrogen and oxygen atoms in total. The Labute approximate surface area is 198 Å². The van der Waals surface area contributed by atoms with Gasteiger partial charge in [-0.2, -0.15) is 0 Å². The quantitative estimate of drug-likeness (QED) is 0.452. The Bertz CT molecular complexity index is 902. The Morgan fingerprint density at radius 3 is 2.42 bits per heavy atom. The van der Waals surface area contributed by atoms with Crippen LogP contribution in [0.15, 0.2) is 42.5 Å². The van der Waals surface area contributed by atoms with Crippen LogP contribution in [0.4, 0.5) is 0 Å². The fourth-order valence-corrected chi connectivity index (χ4v) is 4.15. The largest absolute Gasteiger partial charge is 0.491 e. The molecular weight excluding hydrogens is 448 g/mol. The molecule has 0 radical (unpaired) electrons. The average molecular weight is 479 g/mol. The van der Waals surface area contributed by atoms with E-state index in [0.29, 0.717) is 36.3 Å². The highest BCUT2D eigenvalue weighted by Crippen LogP contribution is 2.34. The number of hydrogen-bond acceptors (Lipinski definition) is 7. The molecule has 1 aliphatic heterocycles. The summed E-state index contributed by atoms with van der Waals surface area (Å²) in [6.45, 7) is 1.22. The van der Waals surface area contributed by atoms with E-state index in [1.54, 1.807) is 12.1 Å². The highest BCUT2D eigenvalue weighted by atomic mass is 35.5. The van der Waals surface area contributed by atoms with Gasteiger partial charge >= 0.3 is 0 Å². The van der Waals surface area contributed by atoms with Gasteiger partial charge in [-0.1, -0.05) is 35.9 Å². The Hall–Kier alpha value is -1.71. The van der Waals surface area contributed by atoms with E-state index in [2.05, 4.69) is 0 Å². The van der Waals surface area contributed by atoms with Crippen LogP contribution in [0.2, 0.25) is 5.02 Å². The number of aliphatic hydroxyl groups excluding tert-OH is 3. The van der Waals surface area contributed by atoms with E-state index in [0.717, 1.165) is 29.7 Å². The third kappa shape index (κ3) is 6.25. The molecule has 0 bridgehead atoms. The fraction of sp³-hybridized carbons (Fsp3) is 0.520. The van der Waals surface area contributed by atoms with Crippen molar-refractivity contribution in [1.82, 2.24) is 0 Å². The van der Waals surface area contributed by atoms with Crippen LogP contribution in [0.5, 0.6) is 5.75 Å². The monoisotopic (exact) mass is 478 g/mol. The zero-order chi connectivity index (χ0) is 23.4. The molecule has 1 saturated carbocycles. The zero-order valence-electron chi connectivity index (χ0n) is 18.6. The second kappa shape index (κ2) is 11.1. The van der Waals surface area contributed by atoms with Crippen molar-refractivity contribution in [3.05, 3.63) is 64.2 Å². The molecular formula is C25H31ClO7. The number of methoxy groups -OCH3 is 1. The van der Waals surface area contributed by atoms with Crippen LogP contribution in [0, 0.1) is 0 Å². The van der Waals surface area contributed by atoms with Crippen molar-refractivity contribution in [2.45, 2.75) is 55.9 Å². The zero-order valence-corrected chi connectivity index (χ0v) is 19.4. The molecule has 2 aromatic rings. The molecule has 0 aromatic heterocycles. The lowest BCUT2D eigenvalue weighted by Crippen LogP contribution is -2.55. The van der Waals surface area contributed by atoms with E-state index in [9.17, 15) is 15.3 Å². The van der Waals surface area contributed by atoms with Gasteiger partial charge in [-0.25, -0.2) is 0 Å². The molecule has 0 spiro atoms. The predicted molar refractivity (Wildman–Crippen MR) is 123 cm³/mol.